The first-order chi connectivity index (χ1) is 15.6. The number of rotatable bonds is 7. The molecule has 6 heteroatoms. The zero-order chi connectivity index (χ0) is 23.9. The van der Waals surface area contributed by atoms with E-state index in [-0.39, 0.29) is 0 Å². The summed E-state index contributed by atoms with van der Waals surface area (Å²) in [5.41, 5.74) is 3.01. The number of ether oxygens (including phenoxy) is 1. The Morgan fingerprint density at radius 2 is 2.03 bits per heavy atom. The lowest BCUT2D eigenvalue weighted by Crippen LogP contribution is -2.28. The van der Waals surface area contributed by atoms with E-state index in [1.54, 1.807) is 7.11 Å². The second kappa shape index (κ2) is 14.7. The van der Waals surface area contributed by atoms with Crippen molar-refractivity contribution in [3.05, 3.63) is 52.2 Å². The minimum atomic E-state index is 0.623. The summed E-state index contributed by atoms with van der Waals surface area (Å²) >= 11 is 0. The average Bonchev–Trinajstić information content (AvgIpc) is 2.96. The van der Waals surface area contributed by atoms with Crippen LogP contribution in [0.5, 0.6) is 0 Å². The average molecular weight is 437 g/mol. The van der Waals surface area contributed by atoms with Crippen molar-refractivity contribution in [3.63, 3.8) is 0 Å². The highest BCUT2D eigenvalue weighted by molar-refractivity contribution is 5.77. The molecule has 0 radical (unpaired) electrons. The van der Waals surface area contributed by atoms with Gasteiger partial charge in [-0.15, -0.1) is 0 Å². The molecule has 1 amide bonds. The number of nitrogens with zero attached hydrogens (tertiary/aromatic N) is 2. The predicted molar refractivity (Wildman–Crippen MR) is 133 cm³/mol. The number of methoxy groups -OCH3 is 1. The Morgan fingerprint density at radius 3 is 2.59 bits per heavy atom. The van der Waals surface area contributed by atoms with Crippen LogP contribution in [0.15, 0.2) is 36.1 Å². The number of benzene rings is 1. The third-order valence-electron chi connectivity index (χ3n) is 4.89. The van der Waals surface area contributed by atoms with Gasteiger partial charge in [0, 0.05) is 29.6 Å². The molecule has 6 nitrogen and oxygen atoms in total. The predicted octanol–water partition coefficient (Wildman–Crippen LogP) is 3.66. The quantitative estimate of drug-likeness (QED) is 0.513. The first kappa shape index (κ1) is 26.7. The Morgan fingerprint density at radius 1 is 1.28 bits per heavy atom. The van der Waals surface area contributed by atoms with E-state index in [9.17, 15) is 10.1 Å². The number of hydrogen-bond acceptors (Lipinski definition) is 4. The van der Waals surface area contributed by atoms with Crippen LogP contribution in [0.4, 0.5) is 5.69 Å². The number of anilines is 1. The molecule has 3 rings (SSSR count). The summed E-state index contributed by atoms with van der Waals surface area (Å²) in [6.07, 6.45) is 9.90. The van der Waals surface area contributed by atoms with Crippen LogP contribution in [-0.2, 0) is 16.6 Å². The van der Waals surface area contributed by atoms with Crippen LogP contribution in [0.3, 0.4) is 0 Å². The minimum absolute atomic E-state index is 0.623. The van der Waals surface area contributed by atoms with Gasteiger partial charge in [-0.2, -0.15) is 5.26 Å². The molecule has 172 valence electrons. The summed E-state index contributed by atoms with van der Waals surface area (Å²) in [5, 5.41) is 17.3. The molecular formula is C26H36N4O2. The second-order valence-corrected chi connectivity index (χ2v) is 6.89. The van der Waals surface area contributed by atoms with E-state index in [1.807, 2.05) is 75.0 Å². The molecule has 0 saturated carbocycles. The van der Waals surface area contributed by atoms with Crippen molar-refractivity contribution in [2.45, 2.75) is 40.0 Å². The number of hydrogen-bond donors (Lipinski definition) is 2. The molecule has 1 aliphatic carbocycles. The van der Waals surface area contributed by atoms with Gasteiger partial charge in [-0.3, -0.25) is 4.79 Å². The van der Waals surface area contributed by atoms with Crippen LogP contribution >= 0.6 is 0 Å². The number of carbonyl (C=O) groups is 1. The number of nitriles is 1. The lowest BCUT2D eigenvalue weighted by Gasteiger charge is -2.07. The van der Waals surface area contributed by atoms with E-state index in [2.05, 4.69) is 23.6 Å². The van der Waals surface area contributed by atoms with Gasteiger partial charge < -0.3 is 19.9 Å². The zero-order valence-electron chi connectivity index (χ0n) is 20.2. The van der Waals surface area contributed by atoms with Crippen molar-refractivity contribution >= 4 is 24.2 Å². The van der Waals surface area contributed by atoms with Crippen molar-refractivity contribution in [3.8, 4) is 17.3 Å². The first-order valence-corrected chi connectivity index (χ1v) is 11.1. The van der Waals surface area contributed by atoms with E-state index in [4.69, 9.17) is 4.74 Å². The van der Waals surface area contributed by atoms with Crippen LogP contribution < -0.4 is 21.2 Å². The van der Waals surface area contributed by atoms with E-state index in [0.717, 1.165) is 34.1 Å². The van der Waals surface area contributed by atoms with Crippen molar-refractivity contribution in [2.75, 3.05) is 26.0 Å². The molecule has 0 fully saturated rings. The zero-order valence-corrected chi connectivity index (χ0v) is 20.2. The van der Waals surface area contributed by atoms with Crippen LogP contribution in [-0.4, -0.2) is 31.7 Å². The van der Waals surface area contributed by atoms with Gasteiger partial charge in [0.1, 0.15) is 11.8 Å². The maximum atomic E-state index is 10.7. The SMILES string of the molecule is CC.CCCCNC.COC1=CCC=c2c(C#N)c(-c3cccc(NC=O)c3)n(C)c2=C1. The van der Waals surface area contributed by atoms with Gasteiger partial charge in [0.15, 0.2) is 0 Å². The van der Waals surface area contributed by atoms with Crippen molar-refractivity contribution in [2.24, 2.45) is 7.05 Å². The fraction of sp³-hybridized carbons (Fsp3) is 0.385. The third-order valence-corrected chi connectivity index (χ3v) is 4.89. The normalized spacial score (nSPS) is 11.3. The van der Waals surface area contributed by atoms with E-state index >= 15 is 0 Å². The van der Waals surface area contributed by atoms with Gasteiger partial charge >= 0.3 is 0 Å². The molecular weight excluding hydrogens is 400 g/mol. The molecule has 0 saturated heterocycles. The molecule has 2 aromatic rings. The van der Waals surface area contributed by atoms with Crippen molar-refractivity contribution in [1.82, 2.24) is 9.88 Å². The minimum Gasteiger partial charge on any atom is -0.497 e. The number of unbranched alkanes of at least 4 members (excludes halogenated alkanes) is 1. The lowest BCUT2D eigenvalue weighted by atomic mass is 10.1. The smallest absolute Gasteiger partial charge is 0.211 e. The highest BCUT2D eigenvalue weighted by Crippen LogP contribution is 2.23. The number of fused-ring (bicyclic) bond motifs is 1. The van der Waals surface area contributed by atoms with Crippen LogP contribution in [0, 0.1) is 11.3 Å². The Labute approximate surface area is 191 Å². The Hall–Kier alpha value is -3.30. The molecule has 0 unspecified atom stereocenters. The summed E-state index contributed by atoms with van der Waals surface area (Å²) < 4.78 is 7.35. The molecule has 0 atom stereocenters. The Balaban J connectivity index is 0.000000556. The lowest BCUT2D eigenvalue weighted by molar-refractivity contribution is -0.105. The maximum absolute atomic E-state index is 10.7. The van der Waals surface area contributed by atoms with Crippen LogP contribution in [0.25, 0.3) is 23.4 Å². The fourth-order valence-electron chi connectivity index (χ4n) is 3.36. The van der Waals surface area contributed by atoms with Crippen LogP contribution in [0.1, 0.15) is 45.6 Å². The topological polar surface area (TPSA) is 79.1 Å². The van der Waals surface area contributed by atoms with E-state index in [0.29, 0.717) is 24.1 Å². The molecule has 0 bridgehead atoms. The van der Waals surface area contributed by atoms with E-state index in [1.165, 1.54) is 12.8 Å². The monoisotopic (exact) mass is 436 g/mol. The Bertz CT molecular complexity index is 1050. The number of amides is 1. The largest absolute Gasteiger partial charge is 0.497 e. The number of nitrogens with one attached hydrogen (secondary N) is 2. The fourth-order valence-corrected chi connectivity index (χ4v) is 3.36. The molecule has 1 aromatic carbocycles. The summed E-state index contributed by atoms with van der Waals surface area (Å²) in [6.45, 7) is 7.36. The van der Waals surface area contributed by atoms with Gasteiger partial charge in [-0.25, -0.2) is 0 Å². The first-order valence-electron chi connectivity index (χ1n) is 11.1. The summed E-state index contributed by atoms with van der Waals surface area (Å²) in [5.74, 6) is 0.776. The van der Waals surface area contributed by atoms with Crippen molar-refractivity contribution < 1.29 is 9.53 Å². The standard InChI is InChI=1S/C19H17N3O2.C5H13N.C2H6/c1-22-18-10-15(24-2)7-4-8-16(18)17(11-20)19(22)13-5-3-6-14(9-13)21-12-23;1-3-4-5-6-2;1-2/h3,5-10,12H,4H2,1-2H3,(H,21,23);6H,3-5H2,1-2H3;1-2H3. The highest BCUT2D eigenvalue weighted by Gasteiger charge is 2.16. The van der Waals surface area contributed by atoms with Gasteiger partial charge in [0.05, 0.1) is 23.7 Å². The molecule has 0 spiro atoms. The van der Waals surface area contributed by atoms with Gasteiger partial charge in [-0.1, -0.05) is 45.4 Å². The van der Waals surface area contributed by atoms with Gasteiger partial charge in [-0.05, 0) is 44.6 Å². The van der Waals surface area contributed by atoms with Crippen LogP contribution in [0.2, 0.25) is 0 Å². The second-order valence-electron chi connectivity index (χ2n) is 6.89. The molecule has 1 heterocycles. The number of aromatic nitrogens is 1. The van der Waals surface area contributed by atoms with Crippen molar-refractivity contribution in [1.29, 1.82) is 5.26 Å². The Kier molecular flexibility index (Phi) is 12.2. The highest BCUT2D eigenvalue weighted by atomic mass is 16.5. The molecule has 2 N–H and O–H groups in total. The molecule has 0 aliphatic heterocycles. The molecule has 1 aromatic heterocycles. The molecule has 32 heavy (non-hydrogen) atoms. The summed E-state index contributed by atoms with van der Waals surface area (Å²) in [7, 11) is 5.55. The van der Waals surface area contributed by atoms with Gasteiger partial charge in [0.2, 0.25) is 6.41 Å². The number of carbonyl (C=O) groups excluding carboxylic acids is 1. The molecule has 1 aliphatic rings. The number of allylic oxidation sites excluding steroid dienone is 2. The maximum Gasteiger partial charge on any atom is 0.211 e. The van der Waals surface area contributed by atoms with Gasteiger partial charge in [0.25, 0.3) is 0 Å². The summed E-state index contributed by atoms with van der Waals surface area (Å²) in [6, 6.07) is 9.78. The van der Waals surface area contributed by atoms with E-state index < -0.39 is 0 Å². The third kappa shape index (κ3) is 6.86. The summed E-state index contributed by atoms with van der Waals surface area (Å²) in [4.78, 5) is 10.7.